The lowest BCUT2D eigenvalue weighted by Crippen LogP contribution is -2.51. The monoisotopic (exact) mass is 348 g/mol. The summed E-state index contributed by atoms with van der Waals surface area (Å²) in [7, 11) is 0. The molecule has 3 N–H and O–H groups in total. The Morgan fingerprint density at radius 2 is 1.64 bits per heavy atom. The Hall–Kier alpha value is -2.61. The summed E-state index contributed by atoms with van der Waals surface area (Å²) in [5, 5.41) is 0. The maximum absolute atomic E-state index is 12.2. The summed E-state index contributed by atoms with van der Waals surface area (Å²) < 4.78 is 5.58. The second kappa shape index (κ2) is 9.03. The fourth-order valence-electron chi connectivity index (χ4n) is 2.61. The van der Waals surface area contributed by atoms with Crippen LogP contribution in [0.3, 0.4) is 0 Å². The number of nitrogens with zero attached hydrogens (tertiary/aromatic N) is 2. The molecule has 136 valence electrons. The van der Waals surface area contributed by atoms with Crippen LogP contribution >= 0.6 is 0 Å². The van der Waals surface area contributed by atoms with Crippen LogP contribution in [0.4, 0.5) is 0 Å². The highest BCUT2D eigenvalue weighted by molar-refractivity contribution is 5.84. The van der Waals surface area contributed by atoms with E-state index in [2.05, 4.69) is 0 Å². The average molecular weight is 348 g/mol. The summed E-state index contributed by atoms with van der Waals surface area (Å²) in [6, 6.07) is 7.53. The maximum Gasteiger partial charge on any atom is 0.260 e. The topological polar surface area (TPSA) is 105 Å². The van der Waals surface area contributed by atoms with Crippen molar-refractivity contribution < 1.29 is 19.1 Å². The van der Waals surface area contributed by atoms with Crippen LogP contribution in [0.5, 0.6) is 5.75 Å². The molecular weight excluding hydrogens is 324 g/mol. The summed E-state index contributed by atoms with van der Waals surface area (Å²) in [4.78, 5) is 38.7. The quantitative estimate of drug-likeness (QED) is 0.421. The van der Waals surface area contributed by atoms with Gasteiger partial charge >= 0.3 is 0 Å². The molecule has 0 spiro atoms. The van der Waals surface area contributed by atoms with Crippen LogP contribution < -0.4 is 16.0 Å². The summed E-state index contributed by atoms with van der Waals surface area (Å²) in [6.45, 7) is 3.75. The number of para-hydroxylation sites is 1. The molecule has 0 bridgehead atoms. The number of rotatable bonds is 6. The Balaban J connectivity index is 1.74. The summed E-state index contributed by atoms with van der Waals surface area (Å²) >= 11 is 0. The molecule has 0 unspecified atom stereocenters. The summed E-state index contributed by atoms with van der Waals surface area (Å²) in [5.74, 6) is 5.12. The molecule has 1 aliphatic heterocycles. The average Bonchev–Trinajstić information content (AvgIpc) is 2.65. The van der Waals surface area contributed by atoms with Crippen molar-refractivity contribution in [1.29, 1.82) is 0 Å². The first-order valence-electron chi connectivity index (χ1n) is 8.24. The molecule has 8 nitrogen and oxygen atoms in total. The van der Waals surface area contributed by atoms with Gasteiger partial charge in [-0.1, -0.05) is 18.2 Å². The van der Waals surface area contributed by atoms with Gasteiger partial charge in [0.25, 0.3) is 5.91 Å². The number of hydrogen-bond donors (Lipinski definition) is 2. The normalized spacial score (nSPS) is 14.2. The molecule has 1 fully saturated rings. The minimum absolute atomic E-state index is 0.0184. The number of amides is 3. The molecule has 8 heteroatoms. The van der Waals surface area contributed by atoms with Crippen LogP contribution in [0.1, 0.15) is 18.4 Å². The molecule has 1 saturated heterocycles. The first-order valence-corrected chi connectivity index (χ1v) is 8.24. The Morgan fingerprint density at radius 3 is 2.24 bits per heavy atom. The van der Waals surface area contributed by atoms with Gasteiger partial charge in [-0.15, -0.1) is 0 Å². The molecular formula is C17H24N4O4. The van der Waals surface area contributed by atoms with Crippen molar-refractivity contribution in [3.63, 3.8) is 0 Å². The van der Waals surface area contributed by atoms with E-state index in [0.717, 1.165) is 5.56 Å². The van der Waals surface area contributed by atoms with Crippen LogP contribution in [0.15, 0.2) is 24.3 Å². The predicted molar refractivity (Wildman–Crippen MR) is 91.4 cm³/mol. The zero-order chi connectivity index (χ0) is 18.2. The molecule has 25 heavy (non-hydrogen) atoms. The Labute approximate surface area is 146 Å². The summed E-state index contributed by atoms with van der Waals surface area (Å²) in [5.41, 5.74) is 2.98. The van der Waals surface area contributed by atoms with Crippen LogP contribution in [-0.4, -0.2) is 60.3 Å². The van der Waals surface area contributed by atoms with E-state index >= 15 is 0 Å². The number of nitrogens with two attached hydrogens (primary N) is 1. The molecule has 1 aromatic carbocycles. The molecule has 1 aliphatic rings. The number of ether oxygens (including phenoxy) is 1. The van der Waals surface area contributed by atoms with Gasteiger partial charge in [-0.2, -0.15) is 0 Å². The van der Waals surface area contributed by atoms with E-state index in [1.54, 1.807) is 9.80 Å². The number of carbonyl (C=O) groups is 3. The van der Waals surface area contributed by atoms with Crippen LogP contribution in [-0.2, 0) is 14.4 Å². The number of aryl methyl sites for hydroxylation is 1. The number of benzene rings is 1. The van der Waals surface area contributed by atoms with E-state index in [4.69, 9.17) is 10.6 Å². The van der Waals surface area contributed by atoms with Crippen LogP contribution in [0.2, 0.25) is 0 Å². The Bertz CT molecular complexity index is 627. The highest BCUT2D eigenvalue weighted by atomic mass is 16.5. The molecule has 0 atom stereocenters. The van der Waals surface area contributed by atoms with E-state index in [-0.39, 0.29) is 37.2 Å². The Kier molecular flexibility index (Phi) is 6.76. The number of hydrazine groups is 1. The number of nitrogens with one attached hydrogen (secondary N) is 1. The number of hydrogen-bond acceptors (Lipinski definition) is 5. The number of piperazine rings is 1. The smallest absolute Gasteiger partial charge is 0.260 e. The van der Waals surface area contributed by atoms with Gasteiger partial charge in [0.05, 0.1) is 0 Å². The van der Waals surface area contributed by atoms with Crippen molar-refractivity contribution in [2.45, 2.75) is 19.8 Å². The largest absolute Gasteiger partial charge is 0.484 e. The van der Waals surface area contributed by atoms with Crippen molar-refractivity contribution in [3.8, 4) is 5.75 Å². The fourth-order valence-corrected chi connectivity index (χ4v) is 2.61. The van der Waals surface area contributed by atoms with Gasteiger partial charge in [0.2, 0.25) is 11.8 Å². The molecule has 0 saturated carbocycles. The van der Waals surface area contributed by atoms with Gasteiger partial charge in [0.15, 0.2) is 6.61 Å². The van der Waals surface area contributed by atoms with Gasteiger partial charge in [-0.3, -0.25) is 19.8 Å². The van der Waals surface area contributed by atoms with Gasteiger partial charge in [0.1, 0.15) is 5.75 Å². The fraction of sp³-hybridized carbons (Fsp3) is 0.471. The second-order valence-electron chi connectivity index (χ2n) is 5.88. The Morgan fingerprint density at radius 1 is 1.04 bits per heavy atom. The predicted octanol–water partition coefficient (Wildman–Crippen LogP) is -0.185. The lowest BCUT2D eigenvalue weighted by atomic mass is 10.2. The number of carbonyl (C=O) groups excluding carboxylic acids is 3. The van der Waals surface area contributed by atoms with Crippen molar-refractivity contribution in [2.75, 3.05) is 32.8 Å². The van der Waals surface area contributed by atoms with Crippen LogP contribution in [0.25, 0.3) is 0 Å². The van der Waals surface area contributed by atoms with E-state index in [9.17, 15) is 14.4 Å². The highest BCUT2D eigenvalue weighted by Crippen LogP contribution is 2.16. The summed E-state index contributed by atoms with van der Waals surface area (Å²) in [6.07, 6.45) is 0.187. The minimum atomic E-state index is -0.365. The third-order valence-electron chi connectivity index (χ3n) is 4.16. The minimum Gasteiger partial charge on any atom is -0.484 e. The van der Waals surface area contributed by atoms with Gasteiger partial charge in [0, 0.05) is 39.0 Å². The SMILES string of the molecule is Cc1ccccc1OCC(=O)N1CCN(C(=O)CCC(=O)NN)CC1. The molecule has 0 radical (unpaired) electrons. The van der Waals surface area contributed by atoms with Gasteiger partial charge in [-0.05, 0) is 18.6 Å². The van der Waals surface area contributed by atoms with Crippen molar-refractivity contribution in [3.05, 3.63) is 29.8 Å². The molecule has 2 rings (SSSR count). The molecule has 1 aromatic rings. The maximum atomic E-state index is 12.2. The zero-order valence-corrected chi connectivity index (χ0v) is 14.4. The molecule has 0 aromatic heterocycles. The van der Waals surface area contributed by atoms with Gasteiger partial charge < -0.3 is 14.5 Å². The highest BCUT2D eigenvalue weighted by Gasteiger charge is 2.24. The van der Waals surface area contributed by atoms with E-state index in [1.807, 2.05) is 36.6 Å². The van der Waals surface area contributed by atoms with E-state index < -0.39 is 0 Å². The lowest BCUT2D eigenvalue weighted by molar-refractivity contribution is -0.141. The second-order valence-corrected chi connectivity index (χ2v) is 5.88. The standard InChI is InChI=1S/C17H24N4O4/c1-13-4-2-3-5-14(13)25-12-17(24)21-10-8-20(9-11-21)16(23)7-6-15(22)19-18/h2-5H,6-12,18H2,1H3,(H,19,22). The molecule has 3 amide bonds. The van der Waals surface area contributed by atoms with Crippen molar-refractivity contribution in [1.82, 2.24) is 15.2 Å². The third-order valence-corrected chi connectivity index (χ3v) is 4.16. The first-order chi connectivity index (χ1) is 12.0. The van der Waals surface area contributed by atoms with Gasteiger partial charge in [-0.25, -0.2) is 5.84 Å². The van der Waals surface area contributed by atoms with E-state index in [1.165, 1.54) is 0 Å². The third kappa shape index (κ3) is 5.46. The zero-order valence-electron chi connectivity index (χ0n) is 14.4. The molecule has 1 heterocycles. The molecule has 0 aliphatic carbocycles. The van der Waals surface area contributed by atoms with E-state index in [0.29, 0.717) is 31.9 Å². The van der Waals surface area contributed by atoms with Crippen LogP contribution in [0, 0.1) is 6.92 Å². The van der Waals surface area contributed by atoms with Crippen molar-refractivity contribution in [2.24, 2.45) is 5.84 Å². The first kappa shape index (κ1) is 18.7. The van der Waals surface area contributed by atoms with Crippen molar-refractivity contribution >= 4 is 17.7 Å². The lowest BCUT2D eigenvalue weighted by Gasteiger charge is -2.34.